The number of aliphatic hydroxyl groups excluding tert-OH is 3. The van der Waals surface area contributed by atoms with E-state index in [9.17, 15) is 15.0 Å². The molecule has 0 bridgehead atoms. The molecule has 116 valence electrons. The Morgan fingerprint density at radius 2 is 1.90 bits per heavy atom. The molecule has 3 N–H and O–H groups in total. The van der Waals surface area contributed by atoms with Crippen molar-refractivity contribution in [3.63, 3.8) is 0 Å². The van der Waals surface area contributed by atoms with E-state index in [0.29, 0.717) is 5.02 Å². The van der Waals surface area contributed by atoms with Crippen LogP contribution in [0.25, 0.3) is 0 Å². The number of benzene rings is 1. The van der Waals surface area contributed by atoms with Gasteiger partial charge in [-0.1, -0.05) is 11.6 Å². The fourth-order valence-corrected chi connectivity index (χ4v) is 2.50. The third-order valence-electron chi connectivity index (χ3n) is 3.17. The molecular weight excluding hydrogens is 320 g/mol. The summed E-state index contributed by atoms with van der Waals surface area (Å²) in [6.07, 6.45) is -4.92. The lowest BCUT2D eigenvalue weighted by Gasteiger charge is -2.39. The van der Waals surface area contributed by atoms with Gasteiger partial charge in [0.15, 0.2) is 6.10 Å². The van der Waals surface area contributed by atoms with Gasteiger partial charge >= 0.3 is 5.97 Å². The molecule has 6 nitrogen and oxygen atoms in total. The van der Waals surface area contributed by atoms with Crippen LogP contribution < -0.4 is 0 Å². The lowest BCUT2D eigenvalue weighted by molar-refractivity contribution is -0.205. The zero-order valence-electron chi connectivity index (χ0n) is 10.8. The number of hydrogen-bond acceptors (Lipinski definition) is 7. The van der Waals surface area contributed by atoms with Gasteiger partial charge in [-0.25, -0.2) is 4.79 Å². The Morgan fingerprint density at radius 3 is 2.48 bits per heavy atom. The predicted octanol–water partition coefficient (Wildman–Crippen LogP) is 0.234. The van der Waals surface area contributed by atoms with Crippen LogP contribution in [0, 0.1) is 0 Å². The van der Waals surface area contributed by atoms with Gasteiger partial charge in [0.05, 0.1) is 12.2 Å². The maximum atomic E-state index is 12.0. The van der Waals surface area contributed by atoms with Crippen LogP contribution in [-0.2, 0) is 9.47 Å². The van der Waals surface area contributed by atoms with Crippen molar-refractivity contribution in [1.29, 1.82) is 0 Å². The molecule has 0 aliphatic carbocycles. The number of rotatable bonds is 3. The first kappa shape index (κ1) is 16.5. The van der Waals surface area contributed by atoms with Gasteiger partial charge in [0, 0.05) is 5.02 Å². The topological polar surface area (TPSA) is 96.2 Å². The Balaban J connectivity index is 2.07. The molecule has 1 heterocycles. The fourth-order valence-electron chi connectivity index (χ4n) is 1.98. The first-order valence-corrected chi connectivity index (χ1v) is 7.10. The summed E-state index contributed by atoms with van der Waals surface area (Å²) in [6.45, 7) is -0.479. The van der Waals surface area contributed by atoms with Gasteiger partial charge in [0.1, 0.15) is 23.7 Å². The molecule has 8 heteroatoms. The van der Waals surface area contributed by atoms with Crippen LogP contribution >= 0.6 is 24.2 Å². The zero-order valence-corrected chi connectivity index (χ0v) is 12.4. The van der Waals surface area contributed by atoms with Crippen LogP contribution in [0.2, 0.25) is 5.02 Å². The summed E-state index contributed by atoms with van der Waals surface area (Å²) >= 11 is 9.79. The highest BCUT2D eigenvalue weighted by Gasteiger charge is 2.45. The molecule has 21 heavy (non-hydrogen) atoms. The van der Waals surface area contributed by atoms with E-state index in [2.05, 4.69) is 12.6 Å². The molecule has 0 spiro atoms. The molecule has 0 aromatic heterocycles. The summed E-state index contributed by atoms with van der Waals surface area (Å²) in [7, 11) is 0. The number of hydrogen-bond donors (Lipinski definition) is 4. The van der Waals surface area contributed by atoms with Crippen LogP contribution in [0.1, 0.15) is 10.4 Å². The molecule has 1 aromatic carbocycles. The summed E-state index contributed by atoms with van der Waals surface area (Å²) < 4.78 is 10.3. The Hall–Kier alpha value is -0.830. The van der Waals surface area contributed by atoms with Gasteiger partial charge in [-0.3, -0.25) is 0 Å². The summed E-state index contributed by atoms with van der Waals surface area (Å²) in [6, 6.07) is 6.00. The van der Waals surface area contributed by atoms with Crippen molar-refractivity contribution < 1.29 is 29.6 Å². The largest absolute Gasteiger partial charge is 0.452 e. The van der Waals surface area contributed by atoms with Crippen LogP contribution in [0.5, 0.6) is 0 Å². The molecular formula is C13H15ClO6S. The number of esters is 1. The van der Waals surface area contributed by atoms with Gasteiger partial charge in [-0.15, -0.1) is 12.6 Å². The highest BCUT2D eigenvalue weighted by Crippen LogP contribution is 2.26. The maximum Gasteiger partial charge on any atom is 0.338 e. The van der Waals surface area contributed by atoms with Crippen molar-refractivity contribution in [2.24, 2.45) is 0 Å². The van der Waals surface area contributed by atoms with Crippen molar-refractivity contribution in [2.75, 3.05) is 6.61 Å². The molecule has 0 radical (unpaired) electrons. The summed E-state index contributed by atoms with van der Waals surface area (Å²) in [5.74, 6) is -0.701. The summed E-state index contributed by atoms with van der Waals surface area (Å²) in [5.41, 5.74) is -0.720. The molecule has 1 aliphatic heterocycles. The second-order valence-corrected chi connectivity index (χ2v) is 5.55. The van der Waals surface area contributed by atoms with Crippen LogP contribution in [-0.4, -0.2) is 57.7 Å². The predicted molar refractivity (Wildman–Crippen MR) is 77.4 cm³/mol. The first-order valence-electron chi connectivity index (χ1n) is 6.21. The van der Waals surface area contributed by atoms with Crippen molar-refractivity contribution in [2.45, 2.75) is 29.9 Å². The minimum absolute atomic E-state index is 0.242. The van der Waals surface area contributed by atoms with Crippen molar-refractivity contribution in [3.8, 4) is 0 Å². The van der Waals surface area contributed by atoms with E-state index in [-0.39, 0.29) is 5.56 Å². The molecule has 1 aromatic rings. The van der Waals surface area contributed by atoms with Gasteiger partial charge in [-0.05, 0) is 24.3 Å². The van der Waals surface area contributed by atoms with Crippen molar-refractivity contribution in [1.82, 2.24) is 0 Å². The number of halogens is 1. The minimum Gasteiger partial charge on any atom is -0.452 e. The van der Waals surface area contributed by atoms with Gasteiger partial charge in [0.2, 0.25) is 0 Å². The second kappa shape index (κ2) is 6.95. The van der Waals surface area contributed by atoms with E-state index < -0.39 is 42.4 Å². The third-order valence-corrected chi connectivity index (χ3v) is 3.83. The van der Waals surface area contributed by atoms with E-state index in [1.807, 2.05) is 0 Å². The average molecular weight is 335 g/mol. The van der Waals surface area contributed by atoms with Crippen LogP contribution in [0.4, 0.5) is 0 Å². The first-order chi connectivity index (χ1) is 9.93. The van der Waals surface area contributed by atoms with Gasteiger partial charge in [0.25, 0.3) is 0 Å². The SMILES string of the molecule is O=C(O[C@H]1C(S)O[C@H](CO)[C@H](O)[C@@H]1O)c1ccc(Cl)cc1. The zero-order chi connectivity index (χ0) is 15.6. The van der Waals surface area contributed by atoms with E-state index in [0.717, 1.165) is 0 Å². The average Bonchev–Trinajstić information content (AvgIpc) is 2.47. The van der Waals surface area contributed by atoms with Gasteiger partial charge < -0.3 is 24.8 Å². The molecule has 1 saturated heterocycles. The number of ether oxygens (including phenoxy) is 2. The fraction of sp³-hybridized carbons (Fsp3) is 0.462. The Bertz CT molecular complexity index is 496. The van der Waals surface area contributed by atoms with Gasteiger partial charge in [-0.2, -0.15) is 0 Å². The normalized spacial score (nSPS) is 32.7. The highest BCUT2D eigenvalue weighted by atomic mass is 35.5. The lowest BCUT2D eigenvalue weighted by atomic mass is 10.00. The van der Waals surface area contributed by atoms with E-state index >= 15 is 0 Å². The monoisotopic (exact) mass is 334 g/mol. The number of thiol groups is 1. The van der Waals surface area contributed by atoms with Crippen molar-refractivity contribution >= 4 is 30.2 Å². The Morgan fingerprint density at radius 1 is 1.29 bits per heavy atom. The van der Waals surface area contributed by atoms with Crippen LogP contribution in [0.3, 0.4) is 0 Å². The maximum absolute atomic E-state index is 12.0. The Labute approximate surface area is 131 Å². The van der Waals surface area contributed by atoms with Crippen LogP contribution in [0.15, 0.2) is 24.3 Å². The molecule has 0 saturated carbocycles. The molecule has 2 rings (SSSR count). The minimum atomic E-state index is -1.41. The molecule has 5 atom stereocenters. The molecule has 1 aliphatic rings. The summed E-state index contributed by atoms with van der Waals surface area (Å²) in [5, 5.41) is 29.2. The molecule has 0 amide bonds. The lowest BCUT2D eigenvalue weighted by Crippen LogP contribution is -2.58. The number of carbonyl (C=O) groups excluding carboxylic acids is 1. The third kappa shape index (κ3) is 3.68. The standard InChI is InChI=1S/C13H15ClO6S/c14-7-3-1-6(2-4-7)12(18)20-11-10(17)9(16)8(5-15)19-13(11)21/h1-4,8-11,13,15-17,21H,5H2/t8-,9+,10+,11-,13?/m1/s1. The second-order valence-electron chi connectivity index (χ2n) is 4.61. The van der Waals surface area contributed by atoms with E-state index in [1.54, 1.807) is 0 Å². The molecule has 1 fully saturated rings. The number of aliphatic hydroxyl groups is 3. The van der Waals surface area contributed by atoms with E-state index in [1.165, 1.54) is 24.3 Å². The molecule has 1 unspecified atom stereocenters. The highest BCUT2D eigenvalue weighted by molar-refractivity contribution is 7.80. The summed E-state index contributed by atoms with van der Waals surface area (Å²) in [4.78, 5) is 12.0. The quantitative estimate of drug-likeness (QED) is 0.467. The Kier molecular flexibility index (Phi) is 5.48. The van der Waals surface area contributed by atoms with E-state index in [4.69, 9.17) is 26.2 Å². The number of carbonyl (C=O) groups is 1. The smallest absolute Gasteiger partial charge is 0.338 e. The van der Waals surface area contributed by atoms with Crippen molar-refractivity contribution in [3.05, 3.63) is 34.9 Å².